The predicted molar refractivity (Wildman–Crippen MR) is 68.0 cm³/mol. The Hall–Kier alpha value is -1.75. The van der Waals surface area contributed by atoms with Gasteiger partial charge in [-0.25, -0.2) is 4.39 Å². The first-order valence-corrected chi connectivity index (χ1v) is 6.49. The summed E-state index contributed by atoms with van der Waals surface area (Å²) in [5.41, 5.74) is 0.830. The fraction of sp³-hybridized carbons (Fsp3) is 0.429. The van der Waals surface area contributed by atoms with Gasteiger partial charge < -0.3 is 9.84 Å². The van der Waals surface area contributed by atoms with Crippen LogP contribution in [-0.2, 0) is 6.54 Å². The molecule has 4 nitrogen and oxygen atoms in total. The average Bonchev–Trinajstić information content (AvgIpc) is 2.75. The number of hydrogen-bond donors (Lipinski definition) is 1. The summed E-state index contributed by atoms with van der Waals surface area (Å²) in [4.78, 5) is 4.13. The van der Waals surface area contributed by atoms with Crippen molar-refractivity contribution in [3.63, 3.8) is 0 Å². The van der Waals surface area contributed by atoms with Gasteiger partial charge >= 0.3 is 0 Å². The minimum Gasteiger partial charge on any atom is -0.340 e. The van der Waals surface area contributed by atoms with E-state index in [1.165, 1.54) is 6.07 Å². The molecule has 1 aromatic carbocycles. The van der Waals surface area contributed by atoms with Crippen LogP contribution in [0.5, 0.6) is 0 Å². The van der Waals surface area contributed by atoms with E-state index >= 15 is 0 Å². The van der Waals surface area contributed by atoms with Crippen molar-refractivity contribution in [3.05, 3.63) is 47.4 Å². The zero-order valence-electron chi connectivity index (χ0n) is 10.8. The Morgan fingerprint density at radius 2 is 2.16 bits per heavy atom. The Labute approximate surface area is 111 Å². The Bertz CT molecular complexity index is 563. The Kier molecular flexibility index (Phi) is 3.29. The lowest BCUT2D eigenvalue weighted by molar-refractivity contribution is 0.280. The van der Waals surface area contributed by atoms with Crippen molar-refractivity contribution in [2.24, 2.45) is 0 Å². The van der Waals surface area contributed by atoms with Gasteiger partial charge in [0.15, 0.2) is 5.82 Å². The van der Waals surface area contributed by atoms with Gasteiger partial charge in [-0.2, -0.15) is 4.98 Å². The molecule has 1 heterocycles. The van der Waals surface area contributed by atoms with Crippen LogP contribution in [0.2, 0.25) is 0 Å². The van der Waals surface area contributed by atoms with Crippen LogP contribution in [0.25, 0.3) is 0 Å². The van der Waals surface area contributed by atoms with Gasteiger partial charge in [-0.3, -0.25) is 0 Å². The highest BCUT2D eigenvalue weighted by Crippen LogP contribution is 2.37. The molecule has 0 unspecified atom stereocenters. The van der Waals surface area contributed by atoms with E-state index in [1.807, 2.05) is 12.1 Å². The van der Waals surface area contributed by atoms with Crippen LogP contribution in [0.4, 0.5) is 4.39 Å². The van der Waals surface area contributed by atoms with Crippen molar-refractivity contribution in [1.82, 2.24) is 15.5 Å². The number of hydrogen-bond acceptors (Lipinski definition) is 4. The molecule has 1 aromatic heterocycles. The summed E-state index contributed by atoms with van der Waals surface area (Å²) in [6.07, 6.45) is 1.91. The van der Waals surface area contributed by atoms with Crippen LogP contribution in [0.3, 0.4) is 0 Å². The van der Waals surface area contributed by atoms with E-state index in [0.29, 0.717) is 30.2 Å². The van der Waals surface area contributed by atoms with E-state index in [0.717, 1.165) is 18.4 Å². The van der Waals surface area contributed by atoms with E-state index in [2.05, 4.69) is 15.5 Å². The fourth-order valence-corrected chi connectivity index (χ4v) is 2.49. The van der Waals surface area contributed by atoms with E-state index < -0.39 is 0 Å². The summed E-state index contributed by atoms with van der Waals surface area (Å²) in [6.45, 7) is 2.38. The minimum atomic E-state index is -0.0975. The van der Waals surface area contributed by atoms with Crippen LogP contribution in [0.15, 0.2) is 28.8 Å². The van der Waals surface area contributed by atoms with E-state index in [1.54, 1.807) is 13.0 Å². The maximum atomic E-state index is 13.6. The van der Waals surface area contributed by atoms with Gasteiger partial charge in [0.25, 0.3) is 0 Å². The summed E-state index contributed by atoms with van der Waals surface area (Å²) in [6, 6.07) is 7.42. The molecule has 19 heavy (non-hydrogen) atoms. The predicted octanol–water partition coefficient (Wildman–Crippen LogP) is 2.55. The Morgan fingerprint density at radius 1 is 1.37 bits per heavy atom. The van der Waals surface area contributed by atoms with Crippen LogP contribution in [-0.4, -0.2) is 16.2 Å². The molecule has 0 atom stereocenters. The lowest BCUT2D eigenvalue weighted by Crippen LogP contribution is -2.40. The van der Waals surface area contributed by atoms with Gasteiger partial charge in [0.2, 0.25) is 5.89 Å². The highest BCUT2D eigenvalue weighted by Gasteiger charge is 2.31. The molecule has 0 saturated heterocycles. The van der Waals surface area contributed by atoms with Crippen LogP contribution in [0.1, 0.15) is 36.0 Å². The van der Waals surface area contributed by atoms with Gasteiger partial charge in [-0.05, 0) is 30.4 Å². The van der Waals surface area contributed by atoms with Gasteiger partial charge in [-0.15, -0.1) is 0 Å². The molecule has 1 saturated carbocycles. The molecule has 0 spiro atoms. The van der Waals surface area contributed by atoms with Crippen molar-refractivity contribution in [2.75, 3.05) is 0 Å². The third-order valence-corrected chi connectivity index (χ3v) is 3.60. The molecule has 5 heteroatoms. The molecule has 0 aliphatic heterocycles. The molecule has 1 aliphatic carbocycles. The molecular weight excluding hydrogens is 245 g/mol. The third-order valence-electron chi connectivity index (χ3n) is 3.60. The monoisotopic (exact) mass is 261 g/mol. The molecule has 0 amide bonds. The first-order chi connectivity index (χ1) is 9.22. The summed E-state index contributed by atoms with van der Waals surface area (Å²) < 4.78 is 18.5. The van der Waals surface area contributed by atoms with Crippen molar-refractivity contribution in [1.29, 1.82) is 0 Å². The maximum Gasteiger partial charge on any atom is 0.223 e. The first kappa shape index (κ1) is 12.3. The lowest BCUT2D eigenvalue weighted by Gasteiger charge is -2.36. The molecule has 0 bridgehead atoms. The number of aryl methyl sites for hydroxylation is 1. The zero-order chi connectivity index (χ0) is 13.2. The molecule has 1 aliphatic rings. The Balaban J connectivity index is 1.49. The highest BCUT2D eigenvalue weighted by atomic mass is 19.1. The number of nitrogens with one attached hydrogen (secondary N) is 1. The van der Waals surface area contributed by atoms with E-state index in [-0.39, 0.29) is 5.82 Å². The van der Waals surface area contributed by atoms with Gasteiger partial charge in [0.05, 0.1) is 6.54 Å². The van der Waals surface area contributed by atoms with Crippen LogP contribution < -0.4 is 5.32 Å². The van der Waals surface area contributed by atoms with Gasteiger partial charge in [0.1, 0.15) is 5.82 Å². The molecule has 1 N–H and O–H groups in total. The smallest absolute Gasteiger partial charge is 0.223 e. The summed E-state index contributed by atoms with van der Waals surface area (Å²) >= 11 is 0. The number of aromatic nitrogens is 2. The van der Waals surface area contributed by atoms with Gasteiger partial charge in [-0.1, -0.05) is 23.4 Å². The molecule has 0 radical (unpaired) electrons. The summed E-state index contributed by atoms with van der Waals surface area (Å²) in [5, 5.41) is 7.19. The van der Waals surface area contributed by atoms with Crippen molar-refractivity contribution < 1.29 is 8.91 Å². The SMILES string of the molecule is Cc1nc(CNC2CC(c3ccccc3F)C2)no1. The fourth-order valence-electron chi connectivity index (χ4n) is 2.49. The largest absolute Gasteiger partial charge is 0.340 e. The van der Waals surface area contributed by atoms with E-state index in [9.17, 15) is 4.39 Å². The van der Waals surface area contributed by atoms with E-state index in [4.69, 9.17) is 4.52 Å². The van der Waals surface area contributed by atoms with Crippen LogP contribution in [0, 0.1) is 12.7 Å². The Morgan fingerprint density at radius 3 is 2.84 bits per heavy atom. The molecule has 2 aromatic rings. The number of halogens is 1. The molecule has 3 rings (SSSR count). The normalized spacial score (nSPS) is 22.2. The molecule has 100 valence electrons. The van der Waals surface area contributed by atoms with Crippen molar-refractivity contribution in [3.8, 4) is 0 Å². The summed E-state index contributed by atoms with van der Waals surface area (Å²) in [7, 11) is 0. The molecule has 1 fully saturated rings. The number of benzene rings is 1. The second-order valence-corrected chi connectivity index (χ2v) is 5.00. The quantitative estimate of drug-likeness (QED) is 0.919. The van der Waals surface area contributed by atoms with Crippen molar-refractivity contribution >= 4 is 0 Å². The third kappa shape index (κ3) is 2.66. The zero-order valence-corrected chi connectivity index (χ0v) is 10.8. The number of nitrogens with zero attached hydrogens (tertiary/aromatic N) is 2. The second kappa shape index (κ2) is 5.09. The van der Waals surface area contributed by atoms with Crippen LogP contribution >= 0.6 is 0 Å². The molecular formula is C14H16FN3O. The standard InChI is InChI=1S/C14H16FN3O/c1-9-17-14(18-19-9)8-16-11-6-10(7-11)12-4-2-3-5-13(12)15/h2-5,10-11,16H,6-8H2,1H3. The van der Waals surface area contributed by atoms with Gasteiger partial charge in [0, 0.05) is 13.0 Å². The first-order valence-electron chi connectivity index (χ1n) is 6.49. The summed E-state index contributed by atoms with van der Waals surface area (Å²) in [5.74, 6) is 1.48. The minimum absolute atomic E-state index is 0.0975. The maximum absolute atomic E-state index is 13.6. The lowest BCUT2D eigenvalue weighted by atomic mass is 9.75. The second-order valence-electron chi connectivity index (χ2n) is 5.00. The highest BCUT2D eigenvalue weighted by molar-refractivity contribution is 5.24. The topological polar surface area (TPSA) is 51.0 Å². The number of rotatable bonds is 4. The van der Waals surface area contributed by atoms with Crippen molar-refractivity contribution in [2.45, 2.75) is 38.3 Å². The average molecular weight is 261 g/mol.